The summed E-state index contributed by atoms with van der Waals surface area (Å²) in [4.78, 5) is 24.4. The molecule has 2 aromatic rings. The number of nitrogens with two attached hydrogens (primary N) is 1. The van der Waals surface area contributed by atoms with Crippen LogP contribution in [0.15, 0.2) is 36.4 Å². The molecular formula is C18H16ClF3N2O3. The molecule has 0 saturated heterocycles. The van der Waals surface area contributed by atoms with E-state index in [4.69, 9.17) is 22.1 Å². The number of carbonyl (C=O) groups is 2. The van der Waals surface area contributed by atoms with Crippen molar-refractivity contribution in [2.45, 2.75) is 26.1 Å². The lowest BCUT2D eigenvalue weighted by molar-refractivity contribution is -0.137. The number of alkyl halides is 3. The van der Waals surface area contributed by atoms with E-state index in [0.29, 0.717) is 11.6 Å². The molecule has 0 unspecified atom stereocenters. The summed E-state index contributed by atoms with van der Waals surface area (Å²) >= 11 is 5.83. The Labute approximate surface area is 158 Å². The highest BCUT2D eigenvalue weighted by atomic mass is 35.5. The Morgan fingerprint density at radius 3 is 2.52 bits per heavy atom. The molecule has 0 radical (unpaired) electrons. The second-order valence-corrected chi connectivity index (χ2v) is 6.17. The first kappa shape index (κ1) is 20.6. The summed E-state index contributed by atoms with van der Waals surface area (Å²) in [7, 11) is 0. The fourth-order valence-corrected chi connectivity index (χ4v) is 2.33. The van der Waals surface area contributed by atoms with Gasteiger partial charge in [-0.2, -0.15) is 13.2 Å². The minimum absolute atomic E-state index is 0.0854. The number of nitrogens with one attached hydrogen (secondary N) is 1. The van der Waals surface area contributed by atoms with Crippen LogP contribution in [0.1, 0.15) is 28.4 Å². The third-order valence-corrected chi connectivity index (χ3v) is 4.08. The SMILES string of the molecule is Cc1cccc(C(=O)O[C@@H](C)C(=O)Nc2cc(C(F)(F)F)ccc2Cl)c1N. The van der Waals surface area contributed by atoms with E-state index >= 15 is 0 Å². The Morgan fingerprint density at radius 2 is 1.89 bits per heavy atom. The van der Waals surface area contributed by atoms with Crippen LogP contribution in [0, 0.1) is 6.92 Å². The number of halogens is 4. The van der Waals surface area contributed by atoms with Crippen LogP contribution in [0.5, 0.6) is 0 Å². The van der Waals surface area contributed by atoms with Gasteiger partial charge in [-0.1, -0.05) is 23.7 Å². The molecule has 0 aromatic heterocycles. The van der Waals surface area contributed by atoms with Gasteiger partial charge in [-0.25, -0.2) is 4.79 Å². The first-order valence-electron chi connectivity index (χ1n) is 7.74. The summed E-state index contributed by atoms with van der Waals surface area (Å²) in [5, 5.41) is 2.14. The highest BCUT2D eigenvalue weighted by Crippen LogP contribution is 2.33. The molecule has 0 aliphatic carbocycles. The molecule has 0 aliphatic rings. The van der Waals surface area contributed by atoms with Gasteiger partial charge in [0.25, 0.3) is 5.91 Å². The molecule has 0 spiro atoms. The van der Waals surface area contributed by atoms with Gasteiger partial charge >= 0.3 is 12.1 Å². The molecule has 2 rings (SSSR count). The molecule has 1 amide bonds. The topological polar surface area (TPSA) is 81.4 Å². The number of benzene rings is 2. The smallest absolute Gasteiger partial charge is 0.416 e. The fourth-order valence-electron chi connectivity index (χ4n) is 2.17. The molecule has 2 aromatic carbocycles. The summed E-state index contributed by atoms with van der Waals surface area (Å²) < 4.78 is 43.4. The summed E-state index contributed by atoms with van der Waals surface area (Å²) in [6, 6.07) is 7.27. The molecule has 0 fully saturated rings. The number of esters is 1. The summed E-state index contributed by atoms with van der Waals surface area (Å²) in [6.07, 6.45) is -5.88. The maximum atomic E-state index is 12.8. The van der Waals surface area contributed by atoms with Crippen LogP contribution in [0.4, 0.5) is 24.5 Å². The van der Waals surface area contributed by atoms with Gasteiger partial charge in [-0.15, -0.1) is 0 Å². The van der Waals surface area contributed by atoms with Crippen molar-refractivity contribution in [1.29, 1.82) is 0 Å². The third kappa shape index (κ3) is 4.91. The number of ether oxygens (including phenoxy) is 1. The van der Waals surface area contributed by atoms with Gasteiger partial charge in [-0.3, -0.25) is 4.79 Å². The van der Waals surface area contributed by atoms with Gasteiger partial charge in [0.05, 0.1) is 21.8 Å². The zero-order valence-electron chi connectivity index (χ0n) is 14.4. The lowest BCUT2D eigenvalue weighted by Crippen LogP contribution is -2.30. The second-order valence-electron chi connectivity index (χ2n) is 5.77. The molecular weight excluding hydrogens is 385 g/mol. The molecule has 5 nitrogen and oxygen atoms in total. The number of rotatable bonds is 4. The first-order chi connectivity index (χ1) is 12.5. The Morgan fingerprint density at radius 1 is 1.22 bits per heavy atom. The quantitative estimate of drug-likeness (QED) is 0.587. The summed E-state index contributed by atoms with van der Waals surface area (Å²) in [6.45, 7) is 2.98. The number of hydrogen-bond donors (Lipinski definition) is 2. The minimum Gasteiger partial charge on any atom is -0.449 e. The van der Waals surface area contributed by atoms with Crippen molar-refractivity contribution in [1.82, 2.24) is 0 Å². The highest BCUT2D eigenvalue weighted by molar-refractivity contribution is 6.33. The first-order valence-corrected chi connectivity index (χ1v) is 8.12. The van der Waals surface area contributed by atoms with E-state index in [1.807, 2.05) is 0 Å². The Kier molecular flexibility index (Phi) is 6.00. The number of anilines is 2. The van der Waals surface area contributed by atoms with E-state index in [-0.39, 0.29) is 22.0 Å². The van der Waals surface area contributed by atoms with Gasteiger partial charge in [0, 0.05) is 5.69 Å². The van der Waals surface area contributed by atoms with E-state index in [1.54, 1.807) is 19.1 Å². The van der Waals surface area contributed by atoms with Crippen LogP contribution in [0.2, 0.25) is 5.02 Å². The predicted octanol–water partition coefficient (Wildman–Crippen LogP) is 4.43. The molecule has 0 aliphatic heterocycles. The zero-order chi connectivity index (χ0) is 20.4. The van der Waals surface area contributed by atoms with E-state index in [2.05, 4.69) is 5.32 Å². The van der Waals surface area contributed by atoms with Gasteiger partial charge in [0.2, 0.25) is 0 Å². The molecule has 0 heterocycles. The Hall–Kier alpha value is -2.74. The largest absolute Gasteiger partial charge is 0.449 e. The van der Waals surface area contributed by atoms with Crippen LogP contribution in [-0.2, 0) is 15.7 Å². The number of amides is 1. The third-order valence-electron chi connectivity index (χ3n) is 3.75. The number of para-hydroxylation sites is 1. The average Bonchev–Trinajstić information content (AvgIpc) is 2.58. The summed E-state index contributed by atoms with van der Waals surface area (Å²) in [5.74, 6) is -1.66. The van der Waals surface area contributed by atoms with Crippen molar-refractivity contribution in [3.05, 3.63) is 58.1 Å². The van der Waals surface area contributed by atoms with Crippen molar-refractivity contribution in [3.8, 4) is 0 Å². The van der Waals surface area contributed by atoms with Crippen molar-refractivity contribution < 1.29 is 27.5 Å². The van der Waals surface area contributed by atoms with Crippen molar-refractivity contribution in [2.75, 3.05) is 11.1 Å². The molecule has 1 atom stereocenters. The zero-order valence-corrected chi connectivity index (χ0v) is 15.1. The van der Waals surface area contributed by atoms with Crippen molar-refractivity contribution in [3.63, 3.8) is 0 Å². The number of aryl methyl sites for hydroxylation is 1. The van der Waals surface area contributed by atoms with Gasteiger partial charge in [0.15, 0.2) is 6.10 Å². The monoisotopic (exact) mass is 400 g/mol. The number of hydrogen-bond acceptors (Lipinski definition) is 4. The van der Waals surface area contributed by atoms with Crippen molar-refractivity contribution >= 4 is 34.9 Å². The van der Waals surface area contributed by atoms with E-state index < -0.39 is 29.7 Å². The average molecular weight is 401 g/mol. The lowest BCUT2D eigenvalue weighted by atomic mass is 10.1. The number of nitrogen functional groups attached to an aromatic ring is 1. The summed E-state index contributed by atoms with van der Waals surface area (Å²) in [5.41, 5.74) is 5.57. The van der Waals surface area contributed by atoms with Gasteiger partial charge in [-0.05, 0) is 43.7 Å². The predicted molar refractivity (Wildman–Crippen MR) is 95.6 cm³/mol. The van der Waals surface area contributed by atoms with Gasteiger partial charge in [0.1, 0.15) is 0 Å². The van der Waals surface area contributed by atoms with Crippen molar-refractivity contribution in [2.24, 2.45) is 0 Å². The molecule has 27 heavy (non-hydrogen) atoms. The normalized spacial score (nSPS) is 12.4. The number of carbonyl (C=O) groups excluding carboxylic acids is 2. The fraction of sp³-hybridized carbons (Fsp3) is 0.222. The Bertz CT molecular complexity index is 885. The van der Waals surface area contributed by atoms with E-state index in [0.717, 1.165) is 12.1 Å². The van der Waals surface area contributed by atoms with E-state index in [1.165, 1.54) is 13.0 Å². The molecule has 0 saturated carbocycles. The minimum atomic E-state index is -4.59. The molecule has 9 heteroatoms. The standard InChI is InChI=1S/C18H16ClF3N2O3/c1-9-4-3-5-12(15(9)23)17(26)27-10(2)16(25)24-14-8-11(18(20,21)22)6-7-13(14)19/h3-8,10H,23H2,1-2H3,(H,24,25)/t10-/m0/s1. The Balaban J connectivity index is 2.12. The van der Waals surface area contributed by atoms with Crippen LogP contribution in [0.3, 0.4) is 0 Å². The van der Waals surface area contributed by atoms with Crippen LogP contribution in [0.25, 0.3) is 0 Å². The van der Waals surface area contributed by atoms with Gasteiger partial charge < -0.3 is 15.8 Å². The maximum absolute atomic E-state index is 12.8. The van der Waals surface area contributed by atoms with Crippen LogP contribution < -0.4 is 11.1 Å². The maximum Gasteiger partial charge on any atom is 0.416 e. The molecule has 0 bridgehead atoms. The van der Waals surface area contributed by atoms with Crippen LogP contribution in [-0.4, -0.2) is 18.0 Å². The highest BCUT2D eigenvalue weighted by Gasteiger charge is 2.31. The lowest BCUT2D eigenvalue weighted by Gasteiger charge is -2.16. The van der Waals surface area contributed by atoms with Crippen LogP contribution >= 0.6 is 11.6 Å². The second kappa shape index (κ2) is 7.87. The molecule has 3 N–H and O–H groups in total. The molecule has 144 valence electrons. The van der Waals surface area contributed by atoms with E-state index in [9.17, 15) is 22.8 Å².